The molecule has 1 unspecified atom stereocenters. The Morgan fingerprint density at radius 3 is 2.71 bits per heavy atom. The maximum atomic E-state index is 11.7. The normalized spacial score (nSPS) is 11.4. The zero-order chi connectivity index (χ0) is 12.0. The lowest BCUT2D eigenvalue weighted by Gasteiger charge is -2.12. The van der Waals surface area contributed by atoms with Crippen LogP contribution in [-0.4, -0.2) is 26.2 Å². The molecule has 0 saturated carbocycles. The van der Waals surface area contributed by atoms with Gasteiger partial charge in [-0.05, 0) is 18.1 Å². The highest BCUT2D eigenvalue weighted by Gasteiger charge is 2.09. The lowest BCUT2D eigenvalue weighted by atomic mass is 10.1. The molecular formula is C12H19ClN2O2. The first-order chi connectivity index (χ1) is 7.65. The van der Waals surface area contributed by atoms with Crippen molar-refractivity contribution in [2.75, 3.05) is 26.0 Å². The number of amides is 1. The fourth-order valence-corrected chi connectivity index (χ4v) is 1.41. The van der Waals surface area contributed by atoms with Gasteiger partial charge < -0.3 is 15.8 Å². The third kappa shape index (κ3) is 5.06. The molecule has 0 aliphatic carbocycles. The summed E-state index contributed by atoms with van der Waals surface area (Å²) >= 11 is 0. The molecule has 0 bridgehead atoms. The van der Waals surface area contributed by atoms with Crippen molar-refractivity contribution >= 4 is 24.0 Å². The number of hydrogen-bond donors (Lipinski definition) is 2. The summed E-state index contributed by atoms with van der Waals surface area (Å²) in [6.45, 7) is 3.23. The van der Waals surface area contributed by atoms with Crippen molar-refractivity contribution in [3.8, 4) is 0 Å². The number of rotatable bonds is 5. The number of anilines is 1. The van der Waals surface area contributed by atoms with Gasteiger partial charge in [0.2, 0.25) is 0 Å². The summed E-state index contributed by atoms with van der Waals surface area (Å²) in [5.41, 5.74) is 6.72. The van der Waals surface area contributed by atoms with Crippen LogP contribution in [0, 0.1) is 5.92 Å². The standard InChI is InChI=1S/C12H18N2O2.ClH/c1-9(8-16-2)7-14-12(15)10-5-3-4-6-11(10)13;/h3-6,9H,7-8,13H2,1-2H3,(H,14,15);1H. The quantitative estimate of drug-likeness (QED) is 0.791. The average Bonchev–Trinajstić information content (AvgIpc) is 2.27. The number of nitrogens with two attached hydrogens (primary N) is 1. The lowest BCUT2D eigenvalue weighted by molar-refractivity contribution is 0.0935. The molecule has 4 nitrogen and oxygen atoms in total. The summed E-state index contributed by atoms with van der Waals surface area (Å²) in [5.74, 6) is 0.153. The van der Waals surface area contributed by atoms with Crippen molar-refractivity contribution < 1.29 is 9.53 Å². The van der Waals surface area contributed by atoms with E-state index in [1.807, 2.05) is 6.92 Å². The first-order valence-corrected chi connectivity index (χ1v) is 5.26. The molecule has 0 fully saturated rings. The highest BCUT2D eigenvalue weighted by molar-refractivity contribution is 5.99. The smallest absolute Gasteiger partial charge is 0.253 e. The Hall–Kier alpha value is -1.26. The molecule has 5 heteroatoms. The Labute approximate surface area is 108 Å². The number of halogens is 1. The Kier molecular flexibility index (Phi) is 7.34. The zero-order valence-electron chi connectivity index (χ0n) is 10.1. The minimum atomic E-state index is -0.138. The molecule has 0 aromatic heterocycles. The van der Waals surface area contributed by atoms with Gasteiger partial charge in [-0.15, -0.1) is 12.4 Å². The van der Waals surface area contributed by atoms with E-state index in [-0.39, 0.29) is 18.3 Å². The topological polar surface area (TPSA) is 64.3 Å². The monoisotopic (exact) mass is 258 g/mol. The van der Waals surface area contributed by atoms with Crippen LogP contribution < -0.4 is 11.1 Å². The van der Waals surface area contributed by atoms with E-state index in [9.17, 15) is 4.79 Å². The summed E-state index contributed by atoms with van der Waals surface area (Å²) < 4.78 is 4.99. The third-order valence-electron chi connectivity index (χ3n) is 2.27. The number of carbonyl (C=O) groups is 1. The van der Waals surface area contributed by atoms with Crippen LogP contribution >= 0.6 is 12.4 Å². The molecule has 0 aliphatic heterocycles. The van der Waals surface area contributed by atoms with Crippen LogP contribution in [0.1, 0.15) is 17.3 Å². The van der Waals surface area contributed by atoms with Gasteiger partial charge in [0.1, 0.15) is 0 Å². The second-order valence-electron chi connectivity index (χ2n) is 3.86. The van der Waals surface area contributed by atoms with Gasteiger partial charge >= 0.3 is 0 Å². The van der Waals surface area contributed by atoms with E-state index in [2.05, 4.69) is 5.32 Å². The van der Waals surface area contributed by atoms with Crippen molar-refractivity contribution in [2.24, 2.45) is 5.92 Å². The van der Waals surface area contributed by atoms with Crippen molar-refractivity contribution in [3.63, 3.8) is 0 Å². The number of carbonyl (C=O) groups excluding carboxylic acids is 1. The molecule has 0 aliphatic rings. The second kappa shape index (κ2) is 7.92. The van der Waals surface area contributed by atoms with Crippen molar-refractivity contribution in [1.82, 2.24) is 5.32 Å². The minimum absolute atomic E-state index is 0. The van der Waals surface area contributed by atoms with E-state index in [0.717, 1.165) is 0 Å². The van der Waals surface area contributed by atoms with Crippen LogP contribution in [0.15, 0.2) is 24.3 Å². The van der Waals surface area contributed by atoms with E-state index in [4.69, 9.17) is 10.5 Å². The second-order valence-corrected chi connectivity index (χ2v) is 3.86. The number of para-hydroxylation sites is 1. The zero-order valence-corrected chi connectivity index (χ0v) is 10.9. The van der Waals surface area contributed by atoms with Gasteiger partial charge in [0.15, 0.2) is 0 Å². The highest BCUT2D eigenvalue weighted by Crippen LogP contribution is 2.09. The Balaban J connectivity index is 0.00000256. The maximum Gasteiger partial charge on any atom is 0.253 e. The number of nitrogens with one attached hydrogen (secondary N) is 1. The predicted octanol–water partition coefficient (Wildman–Crippen LogP) is 1.70. The summed E-state index contributed by atoms with van der Waals surface area (Å²) in [7, 11) is 1.65. The minimum Gasteiger partial charge on any atom is -0.398 e. The SMILES string of the molecule is COCC(C)CNC(=O)c1ccccc1N.Cl. The molecular weight excluding hydrogens is 240 g/mol. The van der Waals surface area contributed by atoms with Gasteiger partial charge in [-0.25, -0.2) is 0 Å². The molecule has 0 spiro atoms. The fraction of sp³-hybridized carbons (Fsp3) is 0.417. The summed E-state index contributed by atoms with van der Waals surface area (Å²) in [6.07, 6.45) is 0. The van der Waals surface area contributed by atoms with Crippen LogP contribution in [-0.2, 0) is 4.74 Å². The molecule has 17 heavy (non-hydrogen) atoms. The fourth-order valence-electron chi connectivity index (χ4n) is 1.41. The van der Waals surface area contributed by atoms with E-state index < -0.39 is 0 Å². The van der Waals surface area contributed by atoms with E-state index in [0.29, 0.717) is 30.3 Å². The molecule has 0 heterocycles. The van der Waals surface area contributed by atoms with Gasteiger partial charge in [0, 0.05) is 19.3 Å². The van der Waals surface area contributed by atoms with Gasteiger partial charge in [-0.2, -0.15) is 0 Å². The van der Waals surface area contributed by atoms with E-state index in [1.54, 1.807) is 31.4 Å². The van der Waals surface area contributed by atoms with Gasteiger partial charge in [-0.1, -0.05) is 19.1 Å². The molecule has 3 N–H and O–H groups in total. The third-order valence-corrected chi connectivity index (χ3v) is 2.27. The van der Waals surface area contributed by atoms with Gasteiger partial charge in [0.05, 0.1) is 12.2 Å². The molecule has 96 valence electrons. The number of methoxy groups -OCH3 is 1. The number of ether oxygens (including phenoxy) is 1. The van der Waals surface area contributed by atoms with Crippen LogP contribution in [0.2, 0.25) is 0 Å². The lowest BCUT2D eigenvalue weighted by Crippen LogP contribution is -2.30. The van der Waals surface area contributed by atoms with Crippen LogP contribution in [0.4, 0.5) is 5.69 Å². The van der Waals surface area contributed by atoms with E-state index in [1.165, 1.54) is 0 Å². The molecule has 0 saturated heterocycles. The summed E-state index contributed by atoms with van der Waals surface area (Å²) in [6, 6.07) is 7.03. The largest absolute Gasteiger partial charge is 0.398 e. The molecule has 1 atom stereocenters. The average molecular weight is 259 g/mol. The molecule has 1 amide bonds. The Bertz CT molecular complexity index is 358. The van der Waals surface area contributed by atoms with Crippen LogP contribution in [0.5, 0.6) is 0 Å². The summed E-state index contributed by atoms with van der Waals surface area (Å²) in [5, 5.41) is 2.83. The molecule has 1 rings (SSSR count). The van der Waals surface area contributed by atoms with E-state index >= 15 is 0 Å². The molecule has 0 radical (unpaired) electrons. The highest BCUT2D eigenvalue weighted by atomic mass is 35.5. The first-order valence-electron chi connectivity index (χ1n) is 5.26. The van der Waals surface area contributed by atoms with Crippen molar-refractivity contribution in [3.05, 3.63) is 29.8 Å². The van der Waals surface area contributed by atoms with Gasteiger partial charge in [-0.3, -0.25) is 4.79 Å². The first kappa shape index (κ1) is 15.7. The van der Waals surface area contributed by atoms with Crippen LogP contribution in [0.3, 0.4) is 0 Å². The molecule has 1 aromatic carbocycles. The number of nitrogen functional groups attached to an aromatic ring is 1. The predicted molar refractivity (Wildman–Crippen MR) is 71.5 cm³/mol. The van der Waals surface area contributed by atoms with Crippen LogP contribution in [0.25, 0.3) is 0 Å². The number of hydrogen-bond acceptors (Lipinski definition) is 3. The Morgan fingerprint density at radius 1 is 1.47 bits per heavy atom. The van der Waals surface area contributed by atoms with Crippen molar-refractivity contribution in [1.29, 1.82) is 0 Å². The molecule has 1 aromatic rings. The number of benzene rings is 1. The summed E-state index contributed by atoms with van der Waals surface area (Å²) in [4.78, 5) is 11.7. The van der Waals surface area contributed by atoms with Gasteiger partial charge in [0.25, 0.3) is 5.91 Å². The maximum absolute atomic E-state index is 11.7. The Morgan fingerprint density at radius 2 is 2.12 bits per heavy atom. The van der Waals surface area contributed by atoms with Crippen molar-refractivity contribution in [2.45, 2.75) is 6.92 Å².